The Morgan fingerprint density at radius 1 is 1.20 bits per heavy atom. The molecule has 0 aliphatic heterocycles. The molecule has 4 heteroatoms. The van der Waals surface area contributed by atoms with E-state index in [0.717, 1.165) is 17.1 Å². The minimum absolute atomic E-state index is 0.129. The first kappa shape index (κ1) is 13.0. The molecular weight excluding hydrogens is 248 g/mol. The third kappa shape index (κ3) is 2.05. The van der Waals surface area contributed by atoms with Crippen molar-refractivity contribution in [3.05, 3.63) is 35.7 Å². The van der Waals surface area contributed by atoms with Crippen LogP contribution in [0.25, 0.3) is 11.3 Å². The van der Waals surface area contributed by atoms with Crippen molar-refractivity contribution in [2.75, 3.05) is 11.6 Å². The van der Waals surface area contributed by atoms with Crippen LogP contribution < -0.4 is 11.6 Å². The average Bonchev–Trinajstić information content (AvgIpc) is 3.17. The summed E-state index contributed by atoms with van der Waals surface area (Å²) >= 11 is 0. The van der Waals surface area contributed by atoms with Crippen molar-refractivity contribution in [1.29, 1.82) is 0 Å². The van der Waals surface area contributed by atoms with Crippen LogP contribution in [0.15, 0.2) is 24.3 Å². The first-order valence-electron chi connectivity index (χ1n) is 7.12. The van der Waals surface area contributed by atoms with Gasteiger partial charge in [-0.25, -0.2) is 9.66 Å². The molecule has 1 saturated carbocycles. The summed E-state index contributed by atoms with van der Waals surface area (Å²) < 4.78 is 1.53. The molecule has 1 fully saturated rings. The van der Waals surface area contributed by atoms with E-state index in [1.54, 1.807) is 0 Å². The lowest BCUT2D eigenvalue weighted by Gasteiger charge is -2.17. The lowest BCUT2D eigenvalue weighted by molar-refractivity contribution is 0.532. The summed E-state index contributed by atoms with van der Waals surface area (Å²) in [6, 6.07) is 8.39. The minimum atomic E-state index is -0.129. The summed E-state index contributed by atoms with van der Waals surface area (Å²) in [4.78, 5) is 4.73. The molecule has 4 N–H and O–H groups in total. The lowest BCUT2D eigenvalue weighted by atomic mass is 9.96. The smallest absolute Gasteiger partial charge is 0.150 e. The molecule has 0 radical (unpaired) electrons. The van der Waals surface area contributed by atoms with Crippen molar-refractivity contribution in [2.45, 2.75) is 44.9 Å². The zero-order valence-corrected chi connectivity index (χ0v) is 12.4. The molecule has 0 unspecified atom stereocenters. The van der Waals surface area contributed by atoms with E-state index >= 15 is 0 Å². The molecule has 1 aliphatic rings. The van der Waals surface area contributed by atoms with Crippen LogP contribution in [0, 0.1) is 0 Å². The summed E-state index contributed by atoms with van der Waals surface area (Å²) in [6.45, 7) is 6.28. The van der Waals surface area contributed by atoms with Gasteiger partial charge in [-0.05, 0) is 24.3 Å². The molecule has 20 heavy (non-hydrogen) atoms. The average molecular weight is 270 g/mol. The Balaban J connectivity index is 2.16. The van der Waals surface area contributed by atoms with Gasteiger partial charge in [-0.1, -0.05) is 45.0 Å². The largest absolute Gasteiger partial charge is 0.382 e. The molecule has 0 amide bonds. The van der Waals surface area contributed by atoms with Crippen molar-refractivity contribution in [3.8, 4) is 11.3 Å². The van der Waals surface area contributed by atoms with Gasteiger partial charge in [-0.15, -0.1) is 0 Å². The van der Waals surface area contributed by atoms with E-state index in [1.165, 1.54) is 23.1 Å². The SMILES string of the molecule is CC(C)(C)c1nc(-c2ccccc2C2CC2)c(N)n1N. The van der Waals surface area contributed by atoms with Gasteiger partial charge in [0.1, 0.15) is 11.5 Å². The zero-order valence-electron chi connectivity index (χ0n) is 12.4. The van der Waals surface area contributed by atoms with E-state index in [4.69, 9.17) is 16.6 Å². The Labute approximate surface area is 119 Å². The van der Waals surface area contributed by atoms with E-state index < -0.39 is 0 Å². The number of hydrogen-bond acceptors (Lipinski definition) is 3. The summed E-state index contributed by atoms with van der Waals surface area (Å²) in [5, 5.41) is 0. The fraction of sp³-hybridized carbons (Fsp3) is 0.438. The van der Waals surface area contributed by atoms with Crippen LogP contribution in [-0.2, 0) is 5.41 Å². The second-order valence-corrected chi connectivity index (χ2v) is 6.65. The van der Waals surface area contributed by atoms with Crippen LogP contribution in [0.5, 0.6) is 0 Å². The van der Waals surface area contributed by atoms with E-state index in [2.05, 4.69) is 39.0 Å². The first-order chi connectivity index (χ1) is 9.39. The maximum Gasteiger partial charge on any atom is 0.150 e. The van der Waals surface area contributed by atoms with E-state index in [-0.39, 0.29) is 5.41 Å². The lowest BCUT2D eigenvalue weighted by Crippen LogP contribution is -2.24. The number of aromatic nitrogens is 2. The van der Waals surface area contributed by atoms with Gasteiger partial charge < -0.3 is 11.6 Å². The van der Waals surface area contributed by atoms with E-state index in [9.17, 15) is 0 Å². The Morgan fingerprint density at radius 2 is 1.85 bits per heavy atom. The quantitative estimate of drug-likeness (QED) is 0.824. The highest BCUT2D eigenvalue weighted by Gasteiger charge is 2.29. The van der Waals surface area contributed by atoms with E-state index in [1.807, 2.05) is 6.07 Å². The third-order valence-corrected chi connectivity index (χ3v) is 3.85. The van der Waals surface area contributed by atoms with Gasteiger partial charge in [0.25, 0.3) is 0 Å². The molecule has 4 nitrogen and oxygen atoms in total. The number of nitrogens with two attached hydrogens (primary N) is 2. The third-order valence-electron chi connectivity index (χ3n) is 3.85. The van der Waals surface area contributed by atoms with Gasteiger partial charge in [0.05, 0.1) is 0 Å². The van der Waals surface area contributed by atoms with Crippen LogP contribution >= 0.6 is 0 Å². The normalized spacial score (nSPS) is 15.6. The number of imidazole rings is 1. The van der Waals surface area contributed by atoms with Crippen LogP contribution in [0.1, 0.15) is 50.9 Å². The van der Waals surface area contributed by atoms with Crippen LogP contribution in [0.3, 0.4) is 0 Å². The van der Waals surface area contributed by atoms with Crippen molar-refractivity contribution < 1.29 is 0 Å². The maximum absolute atomic E-state index is 6.20. The van der Waals surface area contributed by atoms with Crippen molar-refractivity contribution in [3.63, 3.8) is 0 Å². The molecule has 0 atom stereocenters. The topological polar surface area (TPSA) is 69.9 Å². The Hall–Kier alpha value is -1.97. The maximum atomic E-state index is 6.20. The number of hydrogen-bond donors (Lipinski definition) is 2. The summed E-state index contributed by atoms with van der Waals surface area (Å²) in [7, 11) is 0. The molecule has 1 aromatic heterocycles. The van der Waals surface area contributed by atoms with Gasteiger partial charge in [-0.2, -0.15) is 0 Å². The molecule has 0 saturated heterocycles. The molecule has 2 aromatic rings. The van der Waals surface area contributed by atoms with Crippen molar-refractivity contribution in [2.24, 2.45) is 0 Å². The highest BCUT2D eigenvalue weighted by Crippen LogP contribution is 2.45. The van der Waals surface area contributed by atoms with Crippen LogP contribution in [0.2, 0.25) is 0 Å². The van der Waals surface area contributed by atoms with Gasteiger partial charge in [-0.3, -0.25) is 0 Å². The highest BCUT2D eigenvalue weighted by atomic mass is 15.4. The number of anilines is 1. The van der Waals surface area contributed by atoms with Gasteiger partial charge >= 0.3 is 0 Å². The Morgan fingerprint density at radius 3 is 2.40 bits per heavy atom. The molecule has 1 heterocycles. The predicted octanol–water partition coefficient (Wildman–Crippen LogP) is 3.02. The zero-order chi connectivity index (χ0) is 14.5. The van der Waals surface area contributed by atoms with Gasteiger partial charge in [0.15, 0.2) is 5.82 Å². The number of rotatable bonds is 2. The summed E-state index contributed by atoms with van der Waals surface area (Å²) in [6.07, 6.45) is 2.51. The number of benzene rings is 1. The van der Waals surface area contributed by atoms with Crippen LogP contribution in [0.4, 0.5) is 5.82 Å². The van der Waals surface area contributed by atoms with Crippen molar-refractivity contribution in [1.82, 2.24) is 9.66 Å². The fourth-order valence-electron chi connectivity index (χ4n) is 2.64. The monoisotopic (exact) mass is 270 g/mol. The summed E-state index contributed by atoms with van der Waals surface area (Å²) in [5.41, 5.74) is 9.36. The molecule has 3 rings (SSSR count). The highest BCUT2D eigenvalue weighted by molar-refractivity contribution is 5.75. The van der Waals surface area contributed by atoms with Crippen LogP contribution in [-0.4, -0.2) is 9.66 Å². The second-order valence-electron chi connectivity index (χ2n) is 6.65. The van der Waals surface area contributed by atoms with Crippen molar-refractivity contribution >= 4 is 5.82 Å². The Kier molecular flexibility index (Phi) is 2.78. The van der Waals surface area contributed by atoms with Gasteiger partial charge in [0, 0.05) is 11.0 Å². The number of nitrogen functional groups attached to an aromatic ring is 2. The standard InChI is InChI=1S/C16H22N4/c1-16(2,3)15-19-13(14(17)20(15)18)12-7-5-4-6-11(12)10-8-9-10/h4-7,10H,8-9,17-18H2,1-3H3. The molecule has 1 aliphatic carbocycles. The van der Waals surface area contributed by atoms with E-state index in [0.29, 0.717) is 11.7 Å². The second kappa shape index (κ2) is 4.27. The molecule has 0 spiro atoms. The molecule has 0 bridgehead atoms. The molecular formula is C16H22N4. The van der Waals surface area contributed by atoms with Gasteiger partial charge in [0.2, 0.25) is 0 Å². The first-order valence-corrected chi connectivity index (χ1v) is 7.12. The minimum Gasteiger partial charge on any atom is -0.382 e. The fourth-order valence-corrected chi connectivity index (χ4v) is 2.64. The molecule has 106 valence electrons. The predicted molar refractivity (Wildman–Crippen MR) is 82.9 cm³/mol. The Bertz CT molecular complexity index is 645. The summed E-state index contributed by atoms with van der Waals surface area (Å²) in [5.74, 6) is 8.12. The number of nitrogens with zero attached hydrogens (tertiary/aromatic N) is 2. The molecule has 1 aromatic carbocycles.